The van der Waals surface area contributed by atoms with Crippen LogP contribution in [-0.2, 0) is 13.1 Å². The van der Waals surface area contributed by atoms with Gasteiger partial charge in [0.1, 0.15) is 0 Å². The van der Waals surface area contributed by atoms with Crippen LogP contribution in [-0.4, -0.2) is 32.2 Å². The third kappa shape index (κ3) is 2.99. The van der Waals surface area contributed by atoms with E-state index in [-0.39, 0.29) is 11.2 Å². The molecule has 3 heterocycles. The number of fused-ring (bicyclic) bond motifs is 1. The van der Waals surface area contributed by atoms with Gasteiger partial charge in [-0.3, -0.25) is 13.9 Å². The number of hydrogen-bond donors (Lipinski definition) is 1. The van der Waals surface area contributed by atoms with E-state index >= 15 is 0 Å². The number of unbranched alkanes of at least 4 members (excludes halogenated alkanes) is 2. The van der Waals surface area contributed by atoms with Crippen LogP contribution in [0.1, 0.15) is 52.4 Å². The van der Waals surface area contributed by atoms with Crippen LogP contribution in [0.25, 0.3) is 11.2 Å². The van der Waals surface area contributed by atoms with E-state index in [0.717, 1.165) is 57.6 Å². The SMILES string of the molecule is CCCCn1c(=O)c2[nH]c(N3CCCC3)nc2n(CCCC)c1=O. The number of aryl methyl sites for hydroxylation is 1. The fraction of sp³-hybridized carbons (Fsp3) is 0.706. The van der Waals surface area contributed by atoms with Crippen molar-refractivity contribution in [1.29, 1.82) is 0 Å². The van der Waals surface area contributed by atoms with E-state index in [1.54, 1.807) is 4.57 Å². The molecule has 1 aliphatic heterocycles. The van der Waals surface area contributed by atoms with E-state index in [1.807, 2.05) is 0 Å². The summed E-state index contributed by atoms with van der Waals surface area (Å²) in [7, 11) is 0. The van der Waals surface area contributed by atoms with Crippen LogP contribution in [0.5, 0.6) is 0 Å². The maximum absolute atomic E-state index is 12.8. The summed E-state index contributed by atoms with van der Waals surface area (Å²) in [4.78, 5) is 35.5. The van der Waals surface area contributed by atoms with Crippen LogP contribution in [0.4, 0.5) is 5.95 Å². The molecule has 7 heteroatoms. The van der Waals surface area contributed by atoms with Crippen molar-refractivity contribution >= 4 is 17.1 Å². The van der Waals surface area contributed by atoms with Crippen molar-refractivity contribution in [2.24, 2.45) is 0 Å². The molecule has 7 nitrogen and oxygen atoms in total. The predicted molar refractivity (Wildman–Crippen MR) is 95.9 cm³/mol. The number of aromatic nitrogens is 4. The number of imidazole rings is 1. The Morgan fingerprint density at radius 2 is 1.62 bits per heavy atom. The maximum atomic E-state index is 12.8. The van der Waals surface area contributed by atoms with Gasteiger partial charge in [0.25, 0.3) is 5.56 Å². The second kappa shape index (κ2) is 7.23. The minimum atomic E-state index is -0.242. The first-order valence-corrected chi connectivity index (χ1v) is 9.15. The lowest BCUT2D eigenvalue weighted by molar-refractivity contribution is 0.530. The quantitative estimate of drug-likeness (QED) is 0.842. The molecule has 1 fully saturated rings. The molecule has 0 amide bonds. The lowest BCUT2D eigenvalue weighted by atomic mass is 10.3. The van der Waals surface area contributed by atoms with Crippen molar-refractivity contribution in [1.82, 2.24) is 19.1 Å². The molecule has 1 N–H and O–H groups in total. The van der Waals surface area contributed by atoms with Crippen LogP contribution in [0, 0.1) is 0 Å². The number of rotatable bonds is 7. The second-order valence-corrected chi connectivity index (χ2v) is 6.55. The summed E-state index contributed by atoms with van der Waals surface area (Å²) in [6.45, 7) is 7.11. The smallest absolute Gasteiger partial charge is 0.332 e. The molecule has 0 bridgehead atoms. The largest absolute Gasteiger partial charge is 0.342 e. The summed E-state index contributed by atoms with van der Waals surface area (Å²) in [6.07, 6.45) is 5.93. The third-order valence-electron chi connectivity index (χ3n) is 4.72. The summed E-state index contributed by atoms with van der Waals surface area (Å²) >= 11 is 0. The Bertz CT molecular complexity index is 811. The second-order valence-electron chi connectivity index (χ2n) is 6.55. The van der Waals surface area contributed by atoms with Gasteiger partial charge in [0.2, 0.25) is 5.95 Å². The first-order valence-electron chi connectivity index (χ1n) is 9.15. The van der Waals surface area contributed by atoms with Gasteiger partial charge in [-0.15, -0.1) is 0 Å². The molecule has 0 spiro atoms. The van der Waals surface area contributed by atoms with Gasteiger partial charge in [0.05, 0.1) is 0 Å². The zero-order chi connectivity index (χ0) is 17.1. The maximum Gasteiger partial charge on any atom is 0.332 e. The molecule has 0 aromatic carbocycles. The monoisotopic (exact) mass is 333 g/mol. The minimum Gasteiger partial charge on any atom is -0.342 e. The average molecular weight is 333 g/mol. The third-order valence-corrected chi connectivity index (χ3v) is 4.72. The molecule has 1 aliphatic rings. The average Bonchev–Trinajstić information content (AvgIpc) is 3.24. The highest BCUT2D eigenvalue weighted by Crippen LogP contribution is 2.19. The summed E-state index contributed by atoms with van der Waals surface area (Å²) in [5, 5.41) is 0. The van der Waals surface area contributed by atoms with Gasteiger partial charge in [-0.2, -0.15) is 4.98 Å². The normalized spacial score (nSPS) is 14.8. The van der Waals surface area contributed by atoms with Gasteiger partial charge in [0.15, 0.2) is 11.2 Å². The van der Waals surface area contributed by atoms with Crippen LogP contribution in [0.3, 0.4) is 0 Å². The van der Waals surface area contributed by atoms with Gasteiger partial charge < -0.3 is 9.88 Å². The number of aromatic amines is 1. The molecule has 2 aromatic rings. The highest BCUT2D eigenvalue weighted by molar-refractivity contribution is 5.73. The lowest BCUT2D eigenvalue weighted by Crippen LogP contribution is -2.40. The number of anilines is 1. The van der Waals surface area contributed by atoms with E-state index in [9.17, 15) is 9.59 Å². The Kier molecular flexibility index (Phi) is 5.06. The van der Waals surface area contributed by atoms with Crippen molar-refractivity contribution in [3.63, 3.8) is 0 Å². The molecule has 0 radical (unpaired) electrons. The molecule has 1 saturated heterocycles. The molecule has 24 heavy (non-hydrogen) atoms. The number of nitrogens with one attached hydrogen (secondary N) is 1. The van der Waals surface area contributed by atoms with Gasteiger partial charge in [-0.1, -0.05) is 26.7 Å². The summed E-state index contributed by atoms with van der Waals surface area (Å²) in [5.74, 6) is 0.720. The predicted octanol–water partition coefficient (Wildman–Crippen LogP) is 2.09. The molecule has 0 atom stereocenters. The van der Waals surface area contributed by atoms with E-state index < -0.39 is 0 Å². The Morgan fingerprint density at radius 3 is 2.25 bits per heavy atom. The summed E-state index contributed by atoms with van der Waals surface area (Å²) in [6, 6.07) is 0. The highest BCUT2D eigenvalue weighted by Gasteiger charge is 2.21. The molecular formula is C17H27N5O2. The standard InChI is InChI=1S/C17H27N5O2/c1-3-5-11-21-14-13(15(23)22(17(21)24)12-6-4-2)18-16(19-14)20-9-7-8-10-20/h3-12H2,1-2H3,(H,18,19). The van der Waals surface area contributed by atoms with Gasteiger partial charge in [-0.25, -0.2) is 4.79 Å². The Hall–Kier alpha value is -2.05. The molecular weight excluding hydrogens is 306 g/mol. The van der Waals surface area contributed by atoms with Gasteiger partial charge in [0, 0.05) is 26.2 Å². The van der Waals surface area contributed by atoms with E-state index in [0.29, 0.717) is 24.3 Å². The first-order chi connectivity index (χ1) is 11.7. The number of hydrogen-bond acceptors (Lipinski definition) is 4. The van der Waals surface area contributed by atoms with Gasteiger partial charge in [-0.05, 0) is 25.7 Å². The summed E-state index contributed by atoms with van der Waals surface area (Å²) in [5.41, 5.74) is 0.500. The lowest BCUT2D eigenvalue weighted by Gasteiger charge is -2.12. The van der Waals surface area contributed by atoms with E-state index in [2.05, 4.69) is 28.7 Å². The molecule has 2 aromatic heterocycles. The number of nitrogens with zero attached hydrogens (tertiary/aromatic N) is 4. The van der Waals surface area contributed by atoms with Crippen molar-refractivity contribution < 1.29 is 0 Å². The first kappa shape index (κ1) is 16.8. The topological polar surface area (TPSA) is 75.9 Å². The molecule has 0 unspecified atom stereocenters. The van der Waals surface area contributed by atoms with E-state index in [4.69, 9.17) is 0 Å². The van der Waals surface area contributed by atoms with Crippen LogP contribution in [0.2, 0.25) is 0 Å². The zero-order valence-electron chi connectivity index (χ0n) is 14.7. The Balaban J connectivity index is 2.15. The fourth-order valence-corrected chi connectivity index (χ4v) is 3.26. The molecule has 0 aliphatic carbocycles. The number of H-pyrrole nitrogens is 1. The zero-order valence-corrected chi connectivity index (χ0v) is 14.7. The fourth-order valence-electron chi connectivity index (χ4n) is 3.26. The van der Waals surface area contributed by atoms with Gasteiger partial charge >= 0.3 is 5.69 Å². The van der Waals surface area contributed by atoms with Crippen LogP contribution in [0.15, 0.2) is 9.59 Å². The Morgan fingerprint density at radius 1 is 1.00 bits per heavy atom. The van der Waals surface area contributed by atoms with Crippen molar-refractivity contribution in [2.75, 3.05) is 18.0 Å². The van der Waals surface area contributed by atoms with E-state index in [1.165, 1.54) is 4.57 Å². The molecule has 132 valence electrons. The highest BCUT2D eigenvalue weighted by atomic mass is 16.2. The van der Waals surface area contributed by atoms with Crippen LogP contribution < -0.4 is 16.1 Å². The molecule has 0 saturated carbocycles. The minimum absolute atomic E-state index is 0.228. The Labute approximate surface area is 141 Å². The molecule has 3 rings (SSSR count). The summed E-state index contributed by atoms with van der Waals surface area (Å²) < 4.78 is 3.04. The van der Waals surface area contributed by atoms with Crippen LogP contribution >= 0.6 is 0 Å². The van der Waals surface area contributed by atoms with Crippen molar-refractivity contribution in [3.05, 3.63) is 20.8 Å². The van der Waals surface area contributed by atoms with Crippen molar-refractivity contribution in [2.45, 2.75) is 65.5 Å². The van der Waals surface area contributed by atoms with Crippen molar-refractivity contribution in [3.8, 4) is 0 Å².